The van der Waals surface area contributed by atoms with E-state index in [1.54, 1.807) is 6.07 Å². The highest BCUT2D eigenvalue weighted by molar-refractivity contribution is 5.26. The van der Waals surface area contributed by atoms with Crippen molar-refractivity contribution in [2.45, 2.75) is 39.4 Å². The van der Waals surface area contributed by atoms with Crippen molar-refractivity contribution in [3.05, 3.63) is 35.4 Å². The zero-order chi connectivity index (χ0) is 13.8. The molecule has 1 rings (SSSR count). The average Bonchev–Trinajstić information content (AvgIpc) is 2.25. The van der Waals surface area contributed by atoms with Crippen LogP contribution in [0.5, 0.6) is 0 Å². The van der Waals surface area contributed by atoms with Gasteiger partial charge in [0.2, 0.25) is 0 Å². The first kappa shape index (κ1) is 15.0. The molecule has 1 atom stereocenters. The largest absolute Gasteiger partial charge is 0.416 e. The van der Waals surface area contributed by atoms with Crippen LogP contribution in [0.3, 0.4) is 0 Å². The Morgan fingerprint density at radius 2 is 1.83 bits per heavy atom. The van der Waals surface area contributed by atoms with Crippen molar-refractivity contribution < 1.29 is 13.2 Å². The van der Waals surface area contributed by atoms with Crippen LogP contribution in [-0.2, 0) is 12.6 Å². The Morgan fingerprint density at radius 3 is 2.39 bits per heavy atom. The van der Waals surface area contributed by atoms with E-state index in [1.165, 1.54) is 12.1 Å². The minimum absolute atomic E-state index is 0.177. The van der Waals surface area contributed by atoms with Crippen molar-refractivity contribution >= 4 is 0 Å². The molecule has 0 heterocycles. The number of rotatable bonds is 5. The summed E-state index contributed by atoms with van der Waals surface area (Å²) in [6.45, 7) is 7.07. The zero-order valence-corrected chi connectivity index (χ0v) is 11.0. The predicted octanol–water partition coefficient (Wildman–Crippen LogP) is 3.88. The fourth-order valence-electron chi connectivity index (χ4n) is 1.74. The summed E-state index contributed by atoms with van der Waals surface area (Å²) in [6.07, 6.45) is -3.65. The molecular formula is C14H20F3N. The maximum Gasteiger partial charge on any atom is 0.416 e. The molecule has 0 fully saturated rings. The van der Waals surface area contributed by atoms with E-state index in [4.69, 9.17) is 0 Å². The number of benzene rings is 1. The summed E-state index contributed by atoms with van der Waals surface area (Å²) in [5.41, 5.74) is 0.143. The number of hydrogen-bond acceptors (Lipinski definition) is 1. The van der Waals surface area contributed by atoms with Gasteiger partial charge in [-0.1, -0.05) is 32.0 Å². The van der Waals surface area contributed by atoms with Crippen LogP contribution < -0.4 is 5.32 Å². The third-order valence-electron chi connectivity index (χ3n) is 2.67. The van der Waals surface area contributed by atoms with Crippen LogP contribution in [0, 0.1) is 5.92 Å². The Labute approximate surface area is 106 Å². The van der Waals surface area contributed by atoms with Gasteiger partial charge in [-0.3, -0.25) is 0 Å². The van der Waals surface area contributed by atoms with E-state index in [-0.39, 0.29) is 6.04 Å². The van der Waals surface area contributed by atoms with E-state index in [0.29, 0.717) is 17.9 Å². The number of nitrogens with one attached hydrogen (secondary N) is 1. The lowest BCUT2D eigenvalue weighted by atomic mass is 10.0. The fourth-order valence-corrected chi connectivity index (χ4v) is 1.74. The van der Waals surface area contributed by atoms with Gasteiger partial charge in [0.15, 0.2) is 0 Å². The molecule has 1 unspecified atom stereocenters. The SMILES string of the molecule is CC(C)CNC(C)Cc1cccc(C(F)(F)F)c1. The molecule has 0 bridgehead atoms. The second-order valence-corrected chi connectivity index (χ2v) is 5.11. The van der Waals surface area contributed by atoms with Crippen LogP contribution in [0.15, 0.2) is 24.3 Å². The Balaban J connectivity index is 2.62. The fraction of sp³-hybridized carbons (Fsp3) is 0.571. The minimum Gasteiger partial charge on any atom is -0.314 e. The van der Waals surface area contributed by atoms with E-state index in [2.05, 4.69) is 19.2 Å². The molecule has 1 N–H and O–H groups in total. The van der Waals surface area contributed by atoms with Crippen molar-refractivity contribution in [3.8, 4) is 0 Å². The summed E-state index contributed by atoms with van der Waals surface area (Å²) in [7, 11) is 0. The monoisotopic (exact) mass is 259 g/mol. The van der Waals surface area contributed by atoms with E-state index in [1.807, 2.05) is 6.92 Å². The van der Waals surface area contributed by atoms with Gasteiger partial charge >= 0.3 is 6.18 Å². The molecule has 0 spiro atoms. The van der Waals surface area contributed by atoms with Crippen LogP contribution in [0.4, 0.5) is 13.2 Å². The molecule has 0 saturated heterocycles. The summed E-state index contributed by atoms with van der Waals surface area (Å²) in [4.78, 5) is 0. The van der Waals surface area contributed by atoms with Crippen LogP contribution in [-0.4, -0.2) is 12.6 Å². The van der Waals surface area contributed by atoms with Gasteiger partial charge < -0.3 is 5.32 Å². The molecule has 102 valence electrons. The Kier molecular flexibility index (Phi) is 5.20. The maximum atomic E-state index is 12.5. The van der Waals surface area contributed by atoms with Gasteiger partial charge in [0.25, 0.3) is 0 Å². The number of alkyl halides is 3. The van der Waals surface area contributed by atoms with Crippen molar-refractivity contribution in [3.63, 3.8) is 0 Å². The van der Waals surface area contributed by atoms with E-state index in [9.17, 15) is 13.2 Å². The van der Waals surface area contributed by atoms with Crippen LogP contribution >= 0.6 is 0 Å². The molecule has 0 saturated carbocycles. The first-order valence-corrected chi connectivity index (χ1v) is 6.18. The van der Waals surface area contributed by atoms with Crippen molar-refractivity contribution in [1.82, 2.24) is 5.32 Å². The second-order valence-electron chi connectivity index (χ2n) is 5.11. The molecule has 0 aliphatic heterocycles. The molecule has 0 radical (unpaired) electrons. The Hall–Kier alpha value is -1.03. The molecule has 0 aliphatic rings. The third-order valence-corrected chi connectivity index (χ3v) is 2.67. The Morgan fingerprint density at radius 1 is 1.17 bits per heavy atom. The lowest BCUT2D eigenvalue weighted by molar-refractivity contribution is -0.137. The van der Waals surface area contributed by atoms with Gasteiger partial charge in [-0.05, 0) is 37.4 Å². The van der Waals surface area contributed by atoms with Gasteiger partial charge in [0.05, 0.1) is 5.56 Å². The summed E-state index contributed by atoms with van der Waals surface area (Å²) in [6, 6.07) is 5.72. The number of halogens is 3. The summed E-state index contributed by atoms with van der Waals surface area (Å²) >= 11 is 0. The molecule has 0 amide bonds. The zero-order valence-electron chi connectivity index (χ0n) is 11.0. The van der Waals surface area contributed by atoms with Gasteiger partial charge in [0.1, 0.15) is 0 Å². The third kappa shape index (κ3) is 5.08. The molecule has 1 nitrogen and oxygen atoms in total. The number of hydrogen-bond donors (Lipinski definition) is 1. The van der Waals surface area contributed by atoms with Gasteiger partial charge in [-0.25, -0.2) is 0 Å². The average molecular weight is 259 g/mol. The van der Waals surface area contributed by atoms with Crippen molar-refractivity contribution in [1.29, 1.82) is 0 Å². The first-order chi connectivity index (χ1) is 8.29. The lowest BCUT2D eigenvalue weighted by Gasteiger charge is -2.16. The van der Waals surface area contributed by atoms with Gasteiger partial charge in [-0.15, -0.1) is 0 Å². The minimum atomic E-state index is -4.26. The maximum absolute atomic E-state index is 12.5. The molecule has 4 heteroatoms. The van der Waals surface area contributed by atoms with Gasteiger partial charge in [-0.2, -0.15) is 13.2 Å². The van der Waals surface area contributed by atoms with Crippen molar-refractivity contribution in [2.24, 2.45) is 5.92 Å². The predicted molar refractivity (Wildman–Crippen MR) is 67.5 cm³/mol. The lowest BCUT2D eigenvalue weighted by Crippen LogP contribution is -2.31. The normalized spacial score (nSPS) is 13.9. The van der Waals surface area contributed by atoms with Crippen molar-refractivity contribution in [2.75, 3.05) is 6.54 Å². The molecular weight excluding hydrogens is 239 g/mol. The van der Waals surface area contributed by atoms with Crippen LogP contribution in [0.25, 0.3) is 0 Å². The van der Waals surface area contributed by atoms with E-state index < -0.39 is 11.7 Å². The van der Waals surface area contributed by atoms with Crippen LogP contribution in [0.1, 0.15) is 31.9 Å². The smallest absolute Gasteiger partial charge is 0.314 e. The van der Waals surface area contributed by atoms with Gasteiger partial charge in [0, 0.05) is 6.04 Å². The highest BCUT2D eigenvalue weighted by Crippen LogP contribution is 2.29. The molecule has 1 aromatic carbocycles. The second kappa shape index (κ2) is 6.23. The Bertz CT molecular complexity index is 372. The summed E-state index contributed by atoms with van der Waals surface area (Å²) in [5.74, 6) is 0.536. The highest BCUT2D eigenvalue weighted by Gasteiger charge is 2.30. The molecule has 18 heavy (non-hydrogen) atoms. The standard InChI is InChI=1S/C14H20F3N/c1-10(2)9-18-11(3)7-12-5-4-6-13(8-12)14(15,16)17/h4-6,8,10-11,18H,7,9H2,1-3H3. The molecule has 1 aromatic rings. The summed E-state index contributed by atoms with van der Waals surface area (Å²) < 4.78 is 37.6. The molecule has 0 aliphatic carbocycles. The topological polar surface area (TPSA) is 12.0 Å². The van der Waals surface area contributed by atoms with E-state index in [0.717, 1.165) is 12.6 Å². The quantitative estimate of drug-likeness (QED) is 0.846. The van der Waals surface area contributed by atoms with E-state index >= 15 is 0 Å². The highest BCUT2D eigenvalue weighted by atomic mass is 19.4. The first-order valence-electron chi connectivity index (χ1n) is 6.18. The van der Waals surface area contributed by atoms with Crippen LogP contribution in [0.2, 0.25) is 0 Å². The summed E-state index contributed by atoms with van der Waals surface area (Å²) in [5, 5.41) is 3.31. The molecule has 0 aromatic heterocycles.